The van der Waals surface area contributed by atoms with Crippen molar-refractivity contribution in [3.8, 4) is 0 Å². The second-order valence-electron chi connectivity index (χ2n) is 4.28. The van der Waals surface area contributed by atoms with Crippen LogP contribution < -0.4 is 10.6 Å². The van der Waals surface area contributed by atoms with Gasteiger partial charge >= 0.3 is 0 Å². The zero-order valence-electron chi connectivity index (χ0n) is 9.27. The number of hydrogen-bond donors (Lipinski definition) is 1. The Morgan fingerprint density at radius 2 is 2.12 bits per heavy atom. The summed E-state index contributed by atoms with van der Waals surface area (Å²) < 4.78 is 1.08. The first-order valence-electron chi connectivity index (χ1n) is 5.64. The lowest BCUT2D eigenvalue weighted by molar-refractivity contribution is 0.499. The molecule has 0 aliphatic carbocycles. The van der Waals surface area contributed by atoms with Crippen molar-refractivity contribution in [1.82, 2.24) is 9.97 Å². The number of nitrogens with two attached hydrogens (primary N) is 1. The first kappa shape index (κ1) is 11.2. The van der Waals surface area contributed by atoms with Crippen LogP contribution in [0.25, 0.3) is 10.2 Å². The van der Waals surface area contributed by atoms with Crippen molar-refractivity contribution in [2.24, 2.45) is 5.73 Å². The van der Waals surface area contributed by atoms with Crippen LogP contribution >= 0.6 is 22.9 Å². The third kappa shape index (κ3) is 1.99. The molecule has 2 aromatic rings. The third-order valence-corrected chi connectivity index (χ3v) is 4.51. The SMILES string of the molecule is NC1CCN(c2ncnc3c(Cl)csc23)CC1. The molecule has 0 unspecified atom stereocenters. The Morgan fingerprint density at radius 3 is 2.88 bits per heavy atom. The Labute approximate surface area is 108 Å². The van der Waals surface area contributed by atoms with E-state index in [0.29, 0.717) is 11.1 Å². The Morgan fingerprint density at radius 1 is 1.35 bits per heavy atom. The first-order valence-corrected chi connectivity index (χ1v) is 6.89. The van der Waals surface area contributed by atoms with E-state index >= 15 is 0 Å². The van der Waals surface area contributed by atoms with Crippen LogP contribution in [0.3, 0.4) is 0 Å². The van der Waals surface area contributed by atoms with Gasteiger partial charge in [0, 0.05) is 24.5 Å². The van der Waals surface area contributed by atoms with Crippen molar-refractivity contribution in [3.05, 3.63) is 16.7 Å². The molecule has 17 heavy (non-hydrogen) atoms. The van der Waals surface area contributed by atoms with Gasteiger partial charge in [-0.3, -0.25) is 0 Å². The van der Waals surface area contributed by atoms with Gasteiger partial charge in [-0.05, 0) is 12.8 Å². The largest absolute Gasteiger partial charge is 0.355 e. The monoisotopic (exact) mass is 268 g/mol. The molecule has 1 saturated heterocycles. The number of hydrogen-bond acceptors (Lipinski definition) is 5. The van der Waals surface area contributed by atoms with E-state index in [1.54, 1.807) is 17.7 Å². The molecule has 0 aromatic carbocycles. The van der Waals surface area contributed by atoms with Crippen molar-refractivity contribution < 1.29 is 0 Å². The molecule has 0 radical (unpaired) electrons. The van der Waals surface area contributed by atoms with Crippen molar-refractivity contribution in [1.29, 1.82) is 0 Å². The fourth-order valence-electron chi connectivity index (χ4n) is 2.15. The molecule has 0 atom stereocenters. The lowest BCUT2D eigenvalue weighted by Crippen LogP contribution is -2.40. The second-order valence-corrected chi connectivity index (χ2v) is 5.57. The van der Waals surface area contributed by atoms with E-state index in [1.165, 1.54) is 0 Å². The summed E-state index contributed by atoms with van der Waals surface area (Å²) in [6.07, 6.45) is 3.63. The van der Waals surface area contributed by atoms with Crippen LogP contribution in [0.1, 0.15) is 12.8 Å². The number of nitrogens with zero attached hydrogens (tertiary/aromatic N) is 3. The average Bonchev–Trinajstić information content (AvgIpc) is 2.73. The van der Waals surface area contributed by atoms with Crippen molar-refractivity contribution in [2.45, 2.75) is 18.9 Å². The minimum atomic E-state index is 0.329. The minimum absolute atomic E-state index is 0.329. The predicted molar refractivity (Wildman–Crippen MR) is 71.8 cm³/mol. The Hall–Kier alpha value is -0.910. The highest BCUT2D eigenvalue weighted by molar-refractivity contribution is 7.18. The van der Waals surface area contributed by atoms with Crippen LogP contribution in [0, 0.1) is 0 Å². The Bertz CT molecular complexity index is 533. The van der Waals surface area contributed by atoms with Crippen LogP contribution in [0.2, 0.25) is 5.02 Å². The van der Waals surface area contributed by atoms with Gasteiger partial charge in [0.15, 0.2) is 0 Å². The fourth-order valence-corrected chi connectivity index (χ4v) is 3.37. The van der Waals surface area contributed by atoms with Gasteiger partial charge in [0.2, 0.25) is 0 Å². The third-order valence-electron chi connectivity index (χ3n) is 3.13. The Balaban J connectivity index is 2.00. The molecule has 1 aliphatic rings. The quantitative estimate of drug-likeness (QED) is 0.862. The standard InChI is InChI=1S/C11H13ClN4S/c12-8-5-17-10-9(8)14-6-15-11(10)16-3-1-7(13)2-4-16/h5-7H,1-4,13H2. The van der Waals surface area contributed by atoms with Gasteiger partial charge < -0.3 is 10.6 Å². The van der Waals surface area contributed by atoms with E-state index < -0.39 is 0 Å². The summed E-state index contributed by atoms with van der Waals surface area (Å²) in [6, 6.07) is 0.329. The summed E-state index contributed by atoms with van der Waals surface area (Å²) >= 11 is 7.69. The van der Waals surface area contributed by atoms with Gasteiger partial charge in [-0.15, -0.1) is 11.3 Å². The van der Waals surface area contributed by atoms with E-state index in [-0.39, 0.29) is 0 Å². The van der Waals surface area contributed by atoms with Crippen molar-refractivity contribution in [3.63, 3.8) is 0 Å². The van der Waals surface area contributed by atoms with E-state index in [1.807, 2.05) is 5.38 Å². The molecule has 4 nitrogen and oxygen atoms in total. The van der Waals surface area contributed by atoms with Gasteiger partial charge in [-0.1, -0.05) is 11.6 Å². The van der Waals surface area contributed by atoms with E-state index in [9.17, 15) is 0 Å². The normalized spacial score (nSPS) is 17.9. The van der Waals surface area contributed by atoms with Crippen molar-refractivity contribution >= 4 is 39.0 Å². The molecular formula is C11H13ClN4S. The summed E-state index contributed by atoms with van der Waals surface area (Å²) in [5.74, 6) is 0.999. The maximum Gasteiger partial charge on any atom is 0.150 e. The maximum atomic E-state index is 6.09. The molecular weight excluding hydrogens is 256 g/mol. The topological polar surface area (TPSA) is 55.0 Å². The molecule has 90 valence electrons. The van der Waals surface area contributed by atoms with Gasteiger partial charge in [0.05, 0.1) is 9.72 Å². The molecule has 2 N–H and O–H groups in total. The van der Waals surface area contributed by atoms with Crippen LogP contribution in [0.4, 0.5) is 5.82 Å². The first-order chi connectivity index (χ1) is 8.25. The van der Waals surface area contributed by atoms with Gasteiger partial charge in [0.1, 0.15) is 17.7 Å². The predicted octanol–water partition coefficient (Wildman–Crippen LogP) is 2.27. The van der Waals surface area contributed by atoms with Crippen LogP contribution in [0.5, 0.6) is 0 Å². The van der Waals surface area contributed by atoms with Gasteiger partial charge in [-0.2, -0.15) is 0 Å². The number of aromatic nitrogens is 2. The molecule has 0 amide bonds. The second kappa shape index (κ2) is 4.40. The molecule has 0 spiro atoms. The number of anilines is 1. The lowest BCUT2D eigenvalue weighted by Gasteiger charge is -2.31. The highest BCUT2D eigenvalue weighted by Crippen LogP contribution is 2.34. The summed E-state index contributed by atoms with van der Waals surface area (Å²) in [5, 5.41) is 2.63. The van der Waals surface area contributed by atoms with Crippen LogP contribution in [0.15, 0.2) is 11.7 Å². The summed E-state index contributed by atoms with van der Waals surface area (Å²) in [5.41, 5.74) is 6.77. The molecule has 3 rings (SSSR count). The molecule has 1 fully saturated rings. The number of rotatable bonds is 1. The lowest BCUT2D eigenvalue weighted by atomic mass is 10.1. The van der Waals surface area contributed by atoms with Crippen molar-refractivity contribution in [2.75, 3.05) is 18.0 Å². The highest BCUT2D eigenvalue weighted by Gasteiger charge is 2.20. The van der Waals surface area contributed by atoms with E-state index in [0.717, 1.165) is 42.0 Å². The summed E-state index contributed by atoms with van der Waals surface area (Å²) in [4.78, 5) is 10.9. The molecule has 0 bridgehead atoms. The number of piperidine rings is 1. The molecule has 6 heteroatoms. The number of halogens is 1. The average molecular weight is 269 g/mol. The van der Waals surface area contributed by atoms with Crippen LogP contribution in [-0.4, -0.2) is 29.1 Å². The molecule has 3 heterocycles. The number of thiophene rings is 1. The van der Waals surface area contributed by atoms with Gasteiger partial charge in [-0.25, -0.2) is 9.97 Å². The fraction of sp³-hybridized carbons (Fsp3) is 0.455. The minimum Gasteiger partial charge on any atom is -0.355 e. The summed E-state index contributed by atoms with van der Waals surface area (Å²) in [6.45, 7) is 1.92. The maximum absolute atomic E-state index is 6.09. The van der Waals surface area contributed by atoms with Gasteiger partial charge in [0.25, 0.3) is 0 Å². The Kier molecular flexibility index (Phi) is 2.90. The zero-order valence-corrected chi connectivity index (χ0v) is 10.8. The van der Waals surface area contributed by atoms with E-state index in [2.05, 4.69) is 14.9 Å². The zero-order chi connectivity index (χ0) is 11.8. The molecule has 1 aliphatic heterocycles. The molecule has 0 saturated carbocycles. The smallest absolute Gasteiger partial charge is 0.150 e. The van der Waals surface area contributed by atoms with E-state index in [4.69, 9.17) is 17.3 Å². The summed E-state index contributed by atoms with van der Waals surface area (Å²) in [7, 11) is 0. The number of fused-ring (bicyclic) bond motifs is 1. The molecule has 2 aromatic heterocycles. The highest BCUT2D eigenvalue weighted by atomic mass is 35.5. The van der Waals surface area contributed by atoms with Crippen LogP contribution in [-0.2, 0) is 0 Å².